The predicted octanol–water partition coefficient (Wildman–Crippen LogP) is 4.44. The number of alkyl halides is 3. The van der Waals surface area contributed by atoms with Crippen LogP contribution >= 0.6 is 0 Å². The van der Waals surface area contributed by atoms with Crippen LogP contribution < -0.4 is 20.5 Å². The second-order valence-corrected chi connectivity index (χ2v) is 6.18. The lowest BCUT2D eigenvalue weighted by Gasteiger charge is -2.27. The number of ether oxygens (including phenoxy) is 2. The molecule has 1 aliphatic carbocycles. The van der Waals surface area contributed by atoms with Crippen LogP contribution in [-0.4, -0.2) is 18.4 Å². The molecule has 0 atom stereocenters. The van der Waals surface area contributed by atoms with E-state index in [0.717, 1.165) is 24.2 Å². The number of guanidine groups is 1. The number of aliphatic imine (C=N–C) groups is 1. The Morgan fingerprint density at radius 2 is 1.81 bits per heavy atom. The number of para-hydroxylation sites is 1. The molecule has 0 spiro atoms. The molecule has 1 saturated carbocycles. The van der Waals surface area contributed by atoms with Gasteiger partial charge >= 0.3 is 6.36 Å². The van der Waals surface area contributed by atoms with Crippen molar-refractivity contribution in [1.82, 2.24) is 0 Å². The van der Waals surface area contributed by atoms with E-state index in [9.17, 15) is 13.2 Å². The fourth-order valence-electron chi connectivity index (χ4n) is 2.52. The lowest BCUT2D eigenvalue weighted by atomic mass is 9.96. The van der Waals surface area contributed by atoms with E-state index < -0.39 is 6.36 Å². The third kappa shape index (κ3) is 5.80. The zero-order valence-corrected chi connectivity index (χ0v) is 14.5. The second kappa shape index (κ2) is 8.20. The summed E-state index contributed by atoms with van der Waals surface area (Å²) < 4.78 is 46.3. The molecule has 0 saturated heterocycles. The highest BCUT2D eigenvalue weighted by Crippen LogP contribution is 2.28. The summed E-state index contributed by atoms with van der Waals surface area (Å²) in [5, 5.41) is 2.83. The van der Waals surface area contributed by atoms with Crippen molar-refractivity contribution >= 4 is 11.6 Å². The van der Waals surface area contributed by atoms with Crippen molar-refractivity contribution in [1.29, 1.82) is 0 Å². The Kier molecular flexibility index (Phi) is 5.73. The number of benzene rings is 2. The topological polar surface area (TPSA) is 68.9 Å². The maximum atomic E-state index is 12.2. The highest BCUT2D eigenvalue weighted by molar-refractivity contribution is 5.92. The average Bonchev–Trinajstić information content (AvgIpc) is 2.57. The minimum atomic E-state index is -4.72. The average molecular weight is 379 g/mol. The first-order valence-corrected chi connectivity index (χ1v) is 8.56. The van der Waals surface area contributed by atoms with E-state index in [0.29, 0.717) is 12.2 Å². The van der Waals surface area contributed by atoms with Crippen molar-refractivity contribution in [3.05, 3.63) is 54.1 Å². The van der Waals surface area contributed by atoms with E-state index >= 15 is 0 Å². The molecular formula is C19H20F3N3O2. The first kappa shape index (κ1) is 18.9. The Bertz CT molecular complexity index is 788. The Morgan fingerprint density at radius 3 is 2.44 bits per heavy atom. The summed E-state index contributed by atoms with van der Waals surface area (Å²) in [5.41, 5.74) is 7.29. The Hall–Kier alpha value is -2.90. The van der Waals surface area contributed by atoms with Crippen LogP contribution in [0.5, 0.6) is 11.5 Å². The molecule has 2 aromatic rings. The number of nitrogens with one attached hydrogen (secondary N) is 1. The standard InChI is InChI=1S/C19H20F3N3O2/c20-19(21,22)27-16-10-8-14(9-11-16)25-18(23)24-12-13-4-1-2-7-17(13)26-15-5-3-6-15/h1-2,4,7-11,15H,3,5-6,12H2,(H3,23,24,25). The van der Waals surface area contributed by atoms with E-state index in [-0.39, 0.29) is 17.8 Å². The van der Waals surface area contributed by atoms with Gasteiger partial charge in [-0.1, -0.05) is 18.2 Å². The smallest absolute Gasteiger partial charge is 0.490 e. The SMILES string of the molecule is NC(=NCc1ccccc1OC1CCC1)Nc1ccc(OC(F)(F)F)cc1. The van der Waals surface area contributed by atoms with Gasteiger partial charge in [-0.25, -0.2) is 4.99 Å². The number of rotatable bonds is 6. The van der Waals surface area contributed by atoms with E-state index in [1.54, 1.807) is 0 Å². The van der Waals surface area contributed by atoms with Gasteiger partial charge in [0.05, 0.1) is 12.6 Å². The fourth-order valence-corrected chi connectivity index (χ4v) is 2.52. The maximum Gasteiger partial charge on any atom is 0.573 e. The first-order valence-electron chi connectivity index (χ1n) is 8.56. The number of nitrogens with zero attached hydrogens (tertiary/aromatic N) is 1. The van der Waals surface area contributed by atoms with Crippen molar-refractivity contribution in [2.75, 3.05) is 5.32 Å². The van der Waals surface area contributed by atoms with Crippen molar-refractivity contribution < 1.29 is 22.6 Å². The molecule has 1 fully saturated rings. The molecule has 0 aliphatic heterocycles. The summed E-state index contributed by atoms with van der Waals surface area (Å²) >= 11 is 0. The van der Waals surface area contributed by atoms with Crippen LogP contribution in [0.1, 0.15) is 24.8 Å². The summed E-state index contributed by atoms with van der Waals surface area (Å²) in [5.74, 6) is 0.649. The van der Waals surface area contributed by atoms with Gasteiger partial charge in [-0.3, -0.25) is 0 Å². The highest BCUT2D eigenvalue weighted by Gasteiger charge is 2.30. The van der Waals surface area contributed by atoms with Crippen LogP contribution in [0.2, 0.25) is 0 Å². The highest BCUT2D eigenvalue weighted by atomic mass is 19.4. The molecule has 3 N–H and O–H groups in total. The molecule has 0 unspecified atom stereocenters. The van der Waals surface area contributed by atoms with Gasteiger partial charge in [-0.2, -0.15) is 0 Å². The fraction of sp³-hybridized carbons (Fsp3) is 0.316. The van der Waals surface area contributed by atoms with Crippen molar-refractivity contribution in [3.63, 3.8) is 0 Å². The maximum absolute atomic E-state index is 12.2. The van der Waals surface area contributed by atoms with Crippen LogP contribution in [0.25, 0.3) is 0 Å². The van der Waals surface area contributed by atoms with Gasteiger partial charge in [0.25, 0.3) is 0 Å². The second-order valence-electron chi connectivity index (χ2n) is 6.18. The Labute approximate surface area is 155 Å². The van der Waals surface area contributed by atoms with Gasteiger partial charge in [-0.15, -0.1) is 13.2 Å². The number of anilines is 1. The van der Waals surface area contributed by atoms with Gasteiger partial charge in [-0.05, 0) is 49.6 Å². The summed E-state index contributed by atoms with van der Waals surface area (Å²) in [4.78, 5) is 4.28. The minimum absolute atomic E-state index is 0.151. The molecule has 3 rings (SSSR count). The van der Waals surface area contributed by atoms with Gasteiger partial charge in [0.15, 0.2) is 5.96 Å². The Morgan fingerprint density at radius 1 is 1.11 bits per heavy atom. The molecule has 144 valence electrons. The minimum Gasteiger partial charge on any atom is -0.490 e. The summed E-state index contributed by atoms with van der Waals surface area (Å²) in [7, 11) is 0. The van der Waals surface area contributed by atoms with Crippen molar-refractivity contribution in [2.24, 2.45) is 10.7 Å². The number of halogens is 3. The molecule has 1 aliphatic rings. The number of nitrogens with two attached hydrogens (primary N) is 1. The Balaban J connectivity index is 1.58. The van der Waals surface area contributed by atoms with E-state index in [1.165, 1.54) is 30.7 Å². The van der Waals surface area contributed by atoms with Crippen LogP contribution in [0.3, 0.4) is 0 Å². The lowest BCUT2D eigenvalue weighted by Crippen LogP contribution is -2.25. The monoisotopic (exact) mass is 379 g/mol. The summed E-state index contributed by atoms with van der Waals surface area (Å²) in [6.07, 6.45) is -1.13. The zero-order valence-electron chi connectivity index (χ0n) is 14.5. The number of hydrogen-bond acceptors (Lipinski definition) is 3. The normalized spacial score (nSPS) is 15.1. The molecule has 0 amide bonds. The van der Waals surface area contributed by atoms with Gasteiger partial charge in [0.1, 0.15) is 11.5 Å². The van der Waals surface area contributed by atoms with E-state index in [1.807, 2.05) is 24.3 Å². The lowest BCUT2D eigenvalue weighted by molar-refractivity contribution is -0.274. The van der Waals surface area contributed by atoms with Crippen LogP contribution in [0.4, 0.5) is 18.9 Å². The first-order chi connectivity index (χ1) is 12.9. The molecule has 5 nitrogen and oxygen atoms in total. The molecule has 0 bridgehead atoms. The molecule has 8 heteroatoms. The van der Waals surface area contributed by atoms with Gasteiger partial charge in [0.2, 0.25) is 0 Å². The largest absolute Gasteiger partial charge is 0.573 e. The molecule has 0 radical (unpaired) electrons. The molecule has 2 aromatic carbocycles. The predicted molar refractivity (Wildman–Crippen MR) is 96.8 cm³/mol. The van der Waals surface area contributed by atoms with Gasteiger partial charge < -0.3 is 20.5 Å². The molecule has 0 heterocycles. The molecule has 27 heavy (non-hydrogen) atoms. The van der Waals surface area contributed by atoms with Crippen molar-refractivity contribution in [3.8, 4) is 11.5 Å². The van der Waals surface area contributed by atoms with E-state index in [2.05, 4.69) is 15.0 Å². The summed E-state index contributed by atoms with van der Waals surface area (Å²) in [6, 6.07) is 12.9. The third-order valence-electron chi connectivity index (χ3n) is 4.10. The van der Waals surface area contributed by atoms with Crippen LogP contribution in [0.15, 0.2) is 53.5 Å². The van der Waals surface area contributed by atoms with E-state index in [4.69, 9.17) is 10.5 Å². The molecule has 0 aromatic heterocycles. The van der Waals surface area contributed by atoms with Crippen LogP contribution in [0, 0.1) is 0 Å². The summed E-state index contributed by atoms with van der Waals surface area (Å²) in [6.45, 7) is 0.330. The quantitative estimate of drug-likeness (QED) is 0.575. The number of hydrogen-bond donors (Lipinski definition) is 2. The third-order valence-corrected chi connectivity index (χ3v) is 4.10. The zero-order chi connectivity index (χ0) is 19.3. The van der Waals surface area contributed by atoms with Gasteiger partial charge in [0, 0.05) is 11.3 Å². The van der Waals surface area contributed by atoms with Crippen molar-refractivity contribution in [2.45, 2.75) is 38.3 Å². The van der Waals surface area contributed by atoms with Crippen LogP contribution in [-0.2, 0) is 6.54 Å². The molecular weight excluding hydrogens is 359 g/mol.